The average Bonchev–Trinajstić information content (AvgIpc) is 2.98. The summed E-state index contributed by atoms with van der Waals surface area (Å²) < 4.78 is 2.69. The van der Waals surface area contributed by atoms with Gasteiger partial charge >= 0.3 is 17.2 Å². The largest absolute Gasteiger partial charge is 0.411 e. The molecular formula is C18H16N5O2+. The van der Waals surface area contributed by atoms with E-state index in [0.29, 0.717) is 11.4 Å². The Hall–Kier alpha value is -3.66. The Morgan fingerprint density at radius 1 is 1.12 bits per heavy atom. The number of aromatic amines is 1. The standard InChI is InChI=1S/C18H15N5O2/c19-12-7-13-22-16(17(24)20-14-8-3-1-4-9-14)18(25)23(21-22)15-10-5-2-6-11-15/h1-6,8-11H,7,13H2,(H-,20,21,24,25)/p+1. The third kappa shape index (κ3) is 3.48. The first-order valence-corrected chi connectivity index (χ1v) is 7.74. The number of carbonyl (C=O) groups excluding carboxylic acids is 1. The van der Waals surface area contributed by atoms with Gasteiger partial charge in [0.2, 0.25) is 0 Å². The Kier molecular flexibility index (Phi) is 4.72. The van der Waals surface area contributed by atoms with E-state index in [-0.39, 0.29) is 18.7 Å². The average molecular weight is 334 g/mol. The van der Waals surface area contributed by atoms with Gasteiger partial charge in [-0.2, -0.15) is 5.26 Å². The van der Waals surface area contributed by atoms with Crippen LogP contribution in [0.3, 0.4) is 0 Å². The van der Waals surface area contributed by atoms with Crippen molar-refractivity contribution in [3.05, 3.63) is 76.7 Å². The number of hydrogen-bond donors (Lipinski definition) is 2. The number of aryl methyl sites for hydroxylation is 1. The fourth-order valence-corrected chi connectivity index (χ4v) is 2.44. The first kappa shape index (κ1) is 16.2. The van der Waals surface area contributed by atoms with E-state index in [1.807, 2.05) is 18.2 Å². The molecule has 7 heteroatoms. The first-order chi connectivity index (χ1) is 12.2. The molecule has 3 aromatic rings. The van der Waals surface area contributed by atoms with Crippen LogP contribution in [0.5, 0.6) is 0 Å². The van der Waals surface area contributed by atoms with E-state index < -0.39 is 11.5 Å². The van der Waals surface area contributed by atoms with Crippen molar-refractivity contribution >= 4 is 11.6 Å². The van der Waals surface area contributed by atoms with E-state index >= 15 is 0 Å². The number of nitrogens with zero attached hydrogens (tertiary/aromatic N) is 3. The summed E-state index contributed by atoms with van der Waals surface area (Å²) in [6, 6.07) is 19.8. The summed E-state index contributed by atoms with van der Waals surface area (Å²) in [6.07, 6.45) is 0.172. The highest BCUT2D eigenvalue weighted by Gasteiger charge is 2.29. The van der Waals surface area contributed by atoms with Crippen LogP contribution < -0.4 is 15.6 Å². The number of benzene rings is 2. The summed E-state index contributed by atoms with van der Waals surface area (Å²) >= 11 is 0. The lowest BCUT2D eigenvalue weighted by molar-refractivity contribution is -0.755. The number of para-hydroxylation sites is 2. The summed E-state index contributed by atoms with van der Waals surface area (Å²) in [5, 5.41) is 14.4. The van der Waals surface area contributed by atoms with Crippen LogP contribution in [0, 0.1) is 11.3 Å². The molecule has 2 N–H and O–H groups in total. The van der Waals surface area contributed by atoms with Crippen molar-refractivity contribution in [3.8, 4) is 11.8 Å². The van der Waals surface area contributed by atoms with Crippen LogP contribution >= 0.6 is 0 Å². The molecule has 0 fully saturated rings. The molecule has 0 aliphatic heterocycles. The van der Waals surface area contributed by atoms with Gasteiger partial charge in [-0.1, -0.05) is 46.3 Å². The van der Waals surface area contributed by atoms with Crippen molar-refractivity contribution in [1.29, 1.82) is 5.26 Å². The Morgan fingerprint density at radius 3 is 2.40 bits per heavy atom. The molecule has 0 saturated carbocycles. The highest BCUT2D eigenvalue weighted by molar-refractivity contribution is 6.01. The second-order valence-electron chi connectivity index (χ2n) is 5.30. The minimum Gasteiger partial charge on any atom is -0.319 e. The molecule has 2 aromatic carbocycles. The zero-order valence-corrected chi connectivity index (χ0v) is 13.3. The van der Waals surface area contributed by atoms with Crippen molar-refractivity contribution in [2.24, 2.45) is 0 Å². The number of carbonyl (C=O) groups is 1. The second-order valence-corrected chi connectivity index (χ2v) is 5.30. The lowest BCUT2D eigenvalue weighted by Crippen LogP contribution is -2.44. The zero-order valence-electron chi connectivity index (χ0n) is 13.3. The molecule has 1 aromatic heterocycles. The fraction of sp³-hybridized carbons (Fsp3) is 0.111. The van der Waals surface area contributed by atoms with Crippen molar-refractivity contribution in [2.75, 3.05) is 5.32 Å². The number of aromatic nitrogens is 3. The minimum absolute atomic E-state index is 0.0528. The molecule has 0 aliphatic carbocycles. The molecule has 0 unspecified atom stereocenters. The Balaban J connectivity index is 2.02. The second kappa shape index (κ2) is 7.27. The Morgan fingerprint density at radius 2 is 1.76 bits per heavy atom. The predicted octanol–water partition coefficient (Wildman–Crippen LogP) is 1.62. The van der Waals surface area contributed by atoms with Gasteiger partial charge in [0.15, 0.2) is 5.69 Å². The lowest BCUT2D eigenvalue weighted by atomic mass is 10.3. The number of amides is 1. The smallest absolute Gasteiger partial charge is 0.319 e. The van der Waals surface area contributed by atoms with E-state index in [0.717, 1.165) is 0 Å². The summed E-state index contributed by atoms with van der Waals surface area (Å²) in [6.45, 7) is 0.211. The molecule has 0 spiro atoms. The summed E-state index contributed by atoms with van der Waals surface area (Å²) in [7, 11) is 0. The van der Waals surface area contributed by atoms with Crippen LogP contribution in [-0.2, 0) is 6.54 Å². The number of anilines is 1. The molecular weight excluding hydrogens is 318 g/mol. The summed E-state index contributed by atoms with van der Waals surface area (Å²) in [5.74, 6) is -0.528. The van der Waals surface area contributed by atoms with E-state index in [2.05, 4.69) is 10.5 Å². The fourth-order valence-electron chi connectivity index (χ4n) is 2.44. The molecule has 7 nitrogen and oxygen atoms in total. The first-order valence-electron chi connectivity index (χ1n) is 7.74. The van der Waals surface area contributed by atoms with Crippen molar-refractivity contribution in [2.45, 2.75) is 13.0 Å². The SMILES string of the molecule is N#CCC[n+]1[nH]n(-c2ccccc2)c(=O)c1C(=O)Nc1ccccc1. The number of rotatable bonds is 5. The van der Waals surface area contributed by atoms with Crippen LogP contribution in [-0.4, -0.2) is 15.8 Å². The Bertz CT molecular complexity index is 968. The number of hydrogen-bond acceptors (Lipinski definition) is 3. The van der Waals surface area contributed by atoms with Crippen LogP contribution in [0.1, 0.15) is 16.9 Å². The van der Waals surface area contributed by atoms with Gasteiger partial charge in [0.05, 0.1) is 12.5 Å². The summed E-state index contributed by atoms with van der Waals surface area (Å²) in [4.78, 5) is 25.4. The molecule has 0 saturated heterocycles. The van der Waals surface area contributed by atoms with E-state index in [9.17, 15) is 9.59 Å². The van der Waals surface area contributed by atoms with Crippen molar-refractivity contribution in [3.63, 3.8) is 0 Å². The number of nitriles is 1. The topological polar surface area (TPSA) is 94.6 Å². The molecule has 0 atom stereocenters. The van der Waals surface area contributed by atoms with Gasteiger partial charge in [-0.25, -0.2) is 4.79 Å². The maximum absolute atomic E-state index is 12.8. The van der Waals surface area contributed by atoms with Gasteiger partial charge in [0.1, 0.15) is 6.54 Å². The van der Waals surface area contributed by atoms with E-state index in [1.54, 1.807) is 48.5 Å². The molecule has 1 amide bonds. The molecule has 3 rings (SSSR count). The minimum atomic E-state index is -0.528. The number of H-pyrrole nitrogens is 1. The maximum Gasteiger partial charge on any atom is 0.411 e. The van der Waals surface area contributed by atoms with Crippen LogP contribution in [0.2, 0.25) is 0 Å². The van der Waals surface area contributed by atoms with Gasteiger partial charge in [-0.3, -0.25) is 4.79 Å². The lowest BCUT2D eigenvalue weighted by Gasteiger charge is -2.01. The van der Waals surface area contributed by atoms with Gasteiger partial charge in [0, 0.05) is 5.69 Å². The highest BCUT2D eigenvalue weighted by Crippen LogP contribution is 2.06. The van der Waals surface area contributed by atoms with E-state index in [1.165, 1.54) is 9.36 Å². The molecule has 0 bridgehead atoms. The van der Waals surface area contributed by atoms with Crippen LogP contribution in [0.25, 0.3) is 5.69 Å². The molecule has 25 heavy (non-hydrogen) atoms. The summed E-state index contributed by atoms with van der Waals surface area (Å²) in [5.41, 5.74) is 0.670. The van der Waals surface area contributed by atoms with Crippen molar-refractivity contribution < 1.29 is 9.48 Å². The van der Waals surface area contributed by atoms with Gasteiger partial charge in [0.25, 0.3) is 0 Å². The monoisotopic (exact) mass is 334 g/mol. The number of nitrogens with one attached hydrogen (secondary N) is 2. The zero-order chi connectivity index (χ0) is 17.6. The maximum atomic E-state index is 12.8. The van der Waals surface area contributed by atoms with Gasteiger partial charge in [-0.05, 0) is 24.3 Å². The highest BCUT2D eigenvalue weighted by atomic mass is 16.2. The predicted molar refractivity (Wildman–Crippen MR) is 91.2 cm³/mol. The van der Waals surface area contributed by atoms with Crippen molar-refractivity contribution in [1.82, 2.24) is 9.90 Å². The van der Waals surface area contributed by atoms with E-state index in [4.69, 9.17) is 5.26 Å². The van der Waals surface area contributed by atoms with Crippen LogP contribution in [0.4, 0.5) is 5.69 Å². The molecule has 124 valence electrons. The van der Waals surface area contributed by atoms with Gasteiger partial charge < -0.3 is 5.32 Å². The third-order valence-electron chi connectivity index (χ3n) is 3.60. The van der Waals surface area contributed by atoms with Gasteiger partial charge in [-0.15, -0.1) is 4.68 Å². The molecule has 0 aliphatic rings. The van der Waals surface area contributed by atoms with Crippen LogP contribution in [0.15, 0.2) is 65.5 Å². The quantitative estimate of drug-likeness (QED) is 0.694. The molecule has 1 heterocycles. The normalized spacial score (nSPS) is 10.2. The Labute approximate surface area is 143 Å². The molecule has 0 radical (unpaired) electrons. The third-order valence-corrected chi connectivity index (χ3v) is 3.60.